The summed E-state index contributed by atoms with van der Waals surface area (Å²) in [5.74, 6) is 0. The molecule has 0 atom stereocenters. The number of anilines is 1. The van der Waals surface area contributed by atoms with Gasteiger partial charge in [0.05, 0.1) is 16.6 Å². The van der Waals surface area contributed by atoms with Gasteiger partial charge in [0.1, 0.15) is 12.2 Å². The van der Waals surface area contributed by atoms with E-state index in [9.17, 15) is 26.3 Å². The summed E-state index contributed by atoms with van der Waals surface area (Å²) in [5.41, 5.74) is -1.93. The summed E-state index contributed by atoms with van der Waals surface area (Å²) in [6.07, 6.45) is -9.78. The lowest BCUT2D eigenvalue weighted by Crippen LogP contribution is -2.14. The zero-order valence-corrected chi connectivity index (χ0v) is 12.4. The number of rotatable bonds is 3. The van der Waals surface area contributed by atoms with E-state index in [2.05, 4.69) is 15.6 Å². The van der Waals surface area contributed by atoms with Gasteiger partial charge >= 0.3 is 12.4 Å². The van der Waals surface area contributed by atoms with Crippen LogP contribution in [-0.2, 0) is 19.0 Å². The highest BCUT2D eigenvalue weighted by molar-refractivity contribution is 5.73. The van der Waals surface area contributed by atoms with E-state index in [1.54, 1.807) is 24.3 Å². The molecule has 4 nitrogen and oxygen atoms in total. The minimum atomic E-state index is -4.89. The van der Waals surface area contributed by atoms with Crippen molar-refractivity contribution in [3.05, 3.63) is 53.6 Å². The molecule has 0 aliphatic heterocycles. The van der Waals surface area contributed by atoms with Crippen molar-refractivity contribution in [3.8, 4) is 0 Å². The molecule has 0 radical (unpaired) electrons. The molecule has 0 amide bonds. The summed E-state index contributed by atoms with van der Waals surface area (Å²) in [6, 6.07) is 8.14. The maximum Gasteiger partial charge on any atom is 0.416 e. The van der Waals surface area contributed by atoms with E-state index < -0.39 is 23.5 Å². The van der Waals surface area contributed by atoms with Crippen molar-refractivity contribution in [2.75, 3.05) is 5.32 Å². The summed E-state index contributed by atoms with van der Waals surface area (Å²) in [5, 5.41) is 10.2. The Morgan fingerprint density at radius 2 is 1.48 bits per heavy atom. The quantitative estimate of drug-likeness (QED) is 0.698. The molecular formula is C15H10F6N4. The van der Waals surface area contributed by atoms with Crippen molar-refractivity contribution < 1.29 is 26.3 Å². The Morgan fingerprint density at radius 3 is 2.08 bits per heavy atom. The predicted molar refractivity (Wildman–Crippen MR) is 77.6 cm³/mol. The van der Waals surface area contributed by atoms with Gasteiger partial charge in [-0.1, -0.05) is 17.3 Å². The van der Waals surface area contributed by atoms with Gasteiger partial charge in [0.15, 0.2) is 0 Å². The summed E-state index contributed by atoms with van der Waals surface area (Å²) < 4.78 is 78.3. The maximum atomic E-state index is 12.8. The molecule has 0 aliphatic carbocycles. The van der Waals surface area contributed by atoms with Gasteiger partial charge in [-0.25, -0.2) is 4.68 Å². The molecule has 0 aliphatic rings. The zero-order valence-electron chi connectivity index (χ0n) is 12.4. The van der Waals surface area contributed by atoms with E-state index in [1.807, 2.05) is 0 Å². The molecule has 0 unspecified atom stereocenters. The van der Waals surface area contributed by atoms with Crippen LogP contribution >= 0.6 is 0 Å². The lowest BCUT2D eigenvalue weighted by Gasteiger charge is -2.15. The molecular weight excluding hydrogens is 350 g/mol. The summed E-state index contributed by atoms with van der Waals surface area (Å²) in [7, 11) is 0. The molecule has 3 rings (SSSR count). The number of hydrogen-bond donors (Lipinski definition) is 1. The Labute approximate surface area is 137 Å². The van der Waals surface area contributed by atoms with Gasteiger partial charge < -0.3 is 5.32 Å². The first-order valence-electron chi connectivity index (χ1n) is 6.96. The largest absolute Gasteiger partial charge is 0.416 e. The second kappa shape index (κ2) is 5.94. The number of aromatic nitrogens is 3. The number of nitrogens with one attached hydrogen (secondary N) is 1. The van der Waals surface area contributed by atoms with Gasteiger partial charge in [0.25, 0.3) is 0 Å². The second-order valence-electron chi connectivity index (χ2n) is 5.21. The predicted octanol–water partition coefficient (Wildman–Crippen LogP) is 4.54. The van der Waals surface area contributed by atoms with E-state index in [0.717, 1.165) is 0 Å². The Bertz CT molecular complexity index is 865. The highest BCUT2D eigenvalue weighted by atomic mass is 19.4. The third-order valence-electron chi connectivity index (χ3n) is 3.44. The van der Waals surface area contributed by atoms with Crippen molar-refractivity contribution in [2.24, 2.45) is 0 Å². The zero-order chi connectivity index (χ0) is 18.2. The first-order chi connectivity index (χ1) is 11.6. The third kappa shape index (κ3) is 3.67. The van der Waals surface area contributed by atoms with Crippen LogP contribution in [0.1, 0.15) is 11.1 Å². The van der Waals surface area contributed by atoms with E-state index in [1.165, 1.54) is 4.68 Å². The van der Waals surface area contributed by atoms with Gasteiger partial charge in [-0.3, -0.25) is 0 Å². The Kier molecular flexibility index (Phi) is 4.05. The molecule has 0 saturated carbocycles. The fourth-order valence-electron chi connectivity index (χ4n) is 2.26. The number of alkyl halides is 6. The van der Waals surface area contributed by atoms with Gasteiger partial charge in [-0.05, 0) is 30.3 Å². The maximum absolute atomic E-state index is 12.8. The average molecular weight is 360 g/mol. The minimum Gasteiger partial charge on any atom is -0.366 e. The number of halogens is 6. The molecule has 0 fully saturated rings. The van der Waals surface area contributed by atoms with Crippen LogP contribution in [-0.4, -0.2) is 15.0 Å². The highest BCUT2D eigenvalue weighted by Gasteiger charge is 2.36. The van der Waals surface area contributed by atoms with Crippen molar-refractivity contribution >= 4 is 16.7 Å². The lowest BCUT2D eigenvalue weighted by molar-refractivity contribution is -0.143. The number of hydrogen-bond acceptors (Lipinski definition) is 3. The number of nitrogens with zero attached hydrogens (tertiary/aromatic N) is 3. The number of fused-ring (bicyclic) bond motifs is 1. The van der Waals surface area contributed by atoms with Crippen LogP contribution in [0.4, 0.5) is 32.0 Å². The van der Waals surface area contributed by atoms with Crippen molar-refractivity contribution in [1.82, 2.24) is 15.0 Å². The molecule has 0 bridgehead atoms. The Balaban J connectivity index is 1.91. The molecule has 0 saturated heterocycles. The molecule has 0 spiro atoms. The molecule has 10 heteroatoms. The fraction of sp³-hybridized carbons (Fsp3) is 0.200. The SMILES string of the molecule is FC(F)(F)c1cc(NCn2nnc3ccccc32)cc(C(F)(F)F)c1. The number of benzene rings is 2. The van der Waals surface area contributed by atoms with E-state index in [4.69, 9.17) is 0 Å². The van der Waals surface area contributed by atoms with Crippen molar-refractivity contribution in [3.63, 3.8) is 0 Å². The first kappa shape index (κ1) is 17.1. The number of para-hydroxylation sites is 1. The van der Waals surface area contributed by atoms with Crippen LogP contribution < -0.4 is 5.32 Å². The van der Waals surface area contributed by atoms with Crippen LogP contribution in [0, 0.1) is 0 Å². The van der Waals surface area contributed by atoms with Gasteiger partial charge in [0.2, 0.25) is 0 Å². The molecule has 3 aromatic rings. The molecule has 2 aromatic carbocycles. The van der Waals surface area contributed by atoms with Crippen LogP contribution in [0.2, 0.25) is 0 Å². The Morgan fingerprint density at radius 1 is 0.880 bits per heavy atom. The summed E-state index contributed by atoms with van der Waals surface area (Å²) in [6.45, 7) is -0.140. The first-order valence-corrected chi connectivity index (χ1v) is 6.96. The molecule has 1 heterocycles. The van der Waals surface area contributed by atoms with Crippen LogP contribution in [0.3, 0.4) is 0 Å². The van der Waals surface area contributed by atoms with E-state index >= 15 is 0 Å². The topological polar surface area (TPSA) is 42.7 Å². The normalized spacial score (nSPS) is 12.6. The van der Waals surface area contributed by atoms with Crippen LogP contribution in [0.25, 0.3) is 11.0 Å². The standard InChI is InChI=1S/C15H10F6N4/c16-14(17,18)9-5-10(15(19,20)21)7-11(6-9)22-8-25-13-4-2-1-3-12(13)23-24-25/h1-7,22H,8H2. The second-order valence-corrected chi connectivity index (χ2v) is 5.21. The smallest absolute Gasteiger partial charge is 0.366 e. The monoisotopic (exact) mass is 360 g/mol. The molecule has 1 aromatic heterocycles. The molecule has 25 heavy (non-hydrogen) atoms. The van der Waals surface area contributed by atoms with Crippen LogP contribution in [0.5, 0.6) is 0 Å². The summed E-state index contributed by atoms with van der Waals surface area (Å²) >= 11 is 0. The van der Waals surface area contributed by atoms with Gasteiger partial charge in [-0.15, -0.1) is 5.10 Å². The molecule has 1 N–H and O–H groups in total. The molecule has 132 valence electrons. The fourth-order valence-corrected chi connectivity index (χ4v) is 2.26. The third-order valence-corrected chi connectivity index (χ3v) is 3.44. The Hall–Kier alpha value is -2.78. The average Bonchev–Trinajstić information content (AvgIpc) is 2.94. The van der Waals surface area contributed by atoms with Gasteiger partial charge in [-0.2, -0.15) is 26.3 Å². The van der Waals surface area contributed by atoms with Crippen molar-refractivity contribution in [2.45, 2.75) is 19.0 Å². The van der Waals surface area contributed by atoms with Gasteiger partial charge in [0, 0.05) is 5.69 Å². The van der Waals surface area contributed by atoms with Crippen LogP contribution in [0.15, 0.2) is 42.5 Å². The van der Waals surface area contributed by atoms with E-state index in [-0.39, 0.29) is 18.4 Å². The summed E-state index contributed by atoms with van der Waals surface area (Å²) in [4.78, 5) is 0. The van der Waals surface area contributed by atoms with E-state index in [0.29, 0.717) is 23.2 Å². The van der Waals surface area contributed by atoms with Crippen molar-refractivity contribution in [1.29, 1.82) is 0 Å². The highest BCUT2D eigenvalue weighted by Crippen LogP contribution is 2.37. The minimum absolute atomic E-state index is 0.0794. The lowest BCUT2D eigenvalue weighted by atomic mass is 10.1.